The summed E-state index contributed by atoms with van der Waals surface area (Å²) in [6.07, 6.45) is 1.07. The molecule has 2 aromatic rings. The molecule has 1 aromatic heterocycles. The fraction of sp³-hybridized carbons (Fsp3) is 0.389. The van der Waals surface area contributed by atoms with Crippen molar-refractivity contribution in [3.05, 3.63) is 52.2 Å². The third-order valence-corrected chi connectivity index (χ3v) is 5.50. The molecule has 1 saturated heterocycles. The molecule has 122 valence electrons. The number of hydrogen-bond acceptors (Lipinski definition) is 2. The highest BCUT2D eigenvalue weighted by molar-refractivity contribution is 7.80. The second kappa shape index (κ2) is 7.90. The number of benzene rings is 1. The molecule has 0 radical (unpaired) electrons. The maximum Gasteiger partial charge on any atom is 0.173 e. The number of nitrogens with one attached hydrogen (secondary N) is 2. The molecule has 3 nitrogen and oxygen atoms in total. The van der Waals surface area contributed by atoms with Gasteiger partial charge in [0.1, 0.15) is 6.54 Å². The summed E-state index contributed by atoms with van der Waals surface area (Å²) in [6.45, 7) is 7.65. The highest BCUT2D eigenvalue weighted by Crippen LogP contribution is 2.11. The van der Waals surface area contributed by atoms with Crippen LogP contribution in [0.15, 0.2) is 41.1 Å². The summed E-state index contributed by atoms with van der Waals surface area (Å²) < 4.78 is 0. The molecule has 1 fully saturated rings. The highest BCUT2D eigenvalue weighted by atomic mass is 32.1. The van der Waals surface area contributed by atoms with Crippen LogP contribution in [0.4, 0.5) is 5.69 Å². The average Bonchev–Trinajstić information content (AvgIpc) is 3.09. The molecule has 3 rings (SSSR count). The van der Waals surface area contributed by atoms with Gasteiger partial charge in [-0.1, -0.05) is 19.1 Å². The van der Waals surface area contributed by atoms with Gasteiger partial charge in [0.15, 0.2) is 5.11 Å². The smallest absolute Gasteiger partial charge is 0.173 e. The van der Waals surface area contributed by atoms with Gasteiger partial charge in [-0.2, -0.15) is 11.3 Å². The quantitative estimate of drug-likeness (QED) is 0.830. The number of nitrogens with zero attached hydrogens (tertiary/aromatic N) is 1. The van der Waals surface area contributed by atoms with Gasteiger partial charge in [0.25, 0.3) is 0 Å². The molecule has 0 atom stereocenters. The lowest BCUT2D eigenvalue weighted by molar-refractivity contribution is -0.917. The molecule has 1 aliphatic rings. The van der Waals surface area contributed by atoms with Gasteiger partial charge >= 0.3 is 0 Å². The lowest BCUT2D eigenvalue weighted by Crippen LogP contribution is -3.13. The van der Waals surface area contributed by atoms with Gasteiger partial charge in [0, 0.05) is 11.3 Å². The van der Waals surface area contributed by atoms with E-state index in [1.54, 1.807) is 16.2 Å². The van der Waals surface area contributed by atoms with Crippen LogP contribution in [0.2, 0.25) is 0 Å². The first-order chi connectivity index (χ1) is 11.2. The van der Waals surface area contributed by atoms with Crippen molar-refractivity contribution in [2.45, 2.75) is 19.9 Å². The largest absolute Gasteiger partial charge is 0.338 e. The van der Waals surface area contributed by atoms with Crippen molar-refractivity contribution < 1.29 is 4.90 Å². The van der Waals surface area contributed by atoms with E-state index in [1.807, 2.05) is 0 Å². The highest BCUT2D eigenvalue weighted by Gasteiger charge is 2.21. The van der Waals surface area contributed by atoms with Crippen molar-refractivity contribution >= 4 is 34.4 Å². The predicted octanol–water partition coefficient (Wildman–Crippen LogP) is 2.41. The van der Waals surface area contributed by atoms with Crippen molar-refractivity contribution in [1.29, 1.82) is 0 Å². The van der Waals surface area contributed by atoms with Gasteiger partial charge in [-0.25, -0.2) is 0 Å². The van der Waals surface area contributed by atoms with Crippen molar-refractivity contribution in [1.82, 2.24) is 4.90 Å². The van der Waals surface area contributed by atoms with Crippen LogP contribution in [0, 0.1) is 0 Å². The number of piperazine rings is 1. The minimum atomic E-state index is 0.851. The van der Waals surface area contributed by atoms with Crippen LogP contribution < -0.4 is 10.2 Å². The van der Waals surface area contributed by atoms with E-state index in [0.29, 0.717) is 0 Å². The van der Waals surface area contributed by atoms with Gasteiger partial charge in [0.2, 0.25) is 0 Å². The zero-order valence-corrected chi connectivity index (χ0v) is 15.2. The lowest BCUT2D eigenvalue weighted by Gasteiger charge is -2.33. The fourth-order valence-corrected chi connectivity index (χ4v) is 3.88. The van der Waals surface area contributed by atoms with Crippen molar-refractivity contribution in [2.24, 2.45) is 0 Å². The molecule has 0 saturated carbocycles. The molecule has 0 bridgehead atoms. The molecule has 2 heterocycles. The van der Waals surface area contributed by atoms with Gasteiger partial charge < -0.3 is 15.1 Å². The first-order valence-electron chi connectivity index (χ1n) is 8.24. The van der Waals surface area contributed by atoms with E-state index in [0.717, 1.165) is 49.9 Å². The number of rotatable bonds is 4. The Labute approximate surface area is 147 Å². The summed E-state index contributed by atoms with van der Waals surface area (Å²) in [6, 6.07) is 10.8. The monoisotopic (exact) mass is 346 g/mol. The minimum Gasteiger partial charge on any atom is -0.338 e. The lowest BCUT2D eigenvalue weighted by atomic mass is 10.1. The molecule has 0 amide bonds. The van der Waals surface area contributed by atoms with E-state index in [2.05, 4.69) is 58.2 Å². The topological polar surface area (TPSA) is 19.7 Å². The molecule has 23 heavy (non-hydrogen) atoms. The molecule has 1 aliphatic heterocycles. The average molecular weight is 347 g/mol. The second-order valence-electron chi connectivity index (χ2n) is 6.03. The zero-order chi connectivity index (χ0) is 16.1. The predicted molar refractivity (Wildman–Crippen MR) is 102 cm³/mol. The van der Waals surface area contributed by atoms with E-state index in [4.69, 9.17) is 12.2 Å². The number of hydrogen-bond donors (Lipinski definition) is 2. The number of thiocarbonyl (C=S) groups is 1. The molecule has 5 heteroatoms. The molecule has 1 aromatic carbocycles. The Morgan fingerprint density at radius 3 is 2.52 bits per heavy atom. The standard InChI is InChI=1S/C18H23N3S2/c1-2-15-3-5-17(6-4-15)19-18(22)21-10-8-20(9-11-21)13-16-7-12-23-14-16/h3-7,12,14H,2,8-11,13H2,1H3,(H,19,22)/p+1. The Morgan fingerprint density at radius 2 is 1.91 bits per heavy atom. The molecular formula is C18H24N3S2+. The normalized spacial score (nSPS) is 15.6. The second-order valence-corrected chi connectivity index (χ2v) is 7.19. The Kier molecular flexibility index (Phi) is 5.65. The van der Waals surface area contributed by atoms with Crippen molar-refractivity contribution in [3.8, 4) is 0 Å². The van der Waals surface area contributed by atoms with E-state index >= 15 is 0 Å². The van der Waals surface area contributed by atoms with Crippen LogP contribution in [0.5, 0.6) is 0 Å². The first-order valence-corrected chi connectivity index (χ1v) is 9.59. The van der Waals surface area contributed by atoms with Gasteiger partial charge in [-0.05, 0) is 53.2 Å². The van der Waals surface area contributed by atoms with Crippen molar-refractivity contribution in [3.63, 3.8) is 0 Å². The van der Waals surface area contributed by atoms with Crippen LogP contribution in [0.3, 0.4) is 0 Å². The van der Waals surface area contributed by atoms with Gasteiger partial charge in [0.05, 0.1) is 26.2 Å². The maximum atomic E-state index is 5.58. The Balaban J connectivity index is 1.47. The number of aryl methyl sites for hydroxylation is 1. The van der Waals surface area contributed by atoms with E-state index in [9.17, 15) is 0 Å². The van der Waals surface area contributed by atoms with E-state index in [1.165, 1.54) is 11.1 Å². The summed E-state index contributed by atoms with van der Waals surface area (Å²) >= 11 is 7.36. The van der Waals surface area contributed by atoms with Crippen LogP contribution in [0.25, 0.3) is 0 Å². The Hall–Kier alpha value is -1.43. The van der Waals surface area contributed by atoms with Crippen LogP contribution in [0.1, 0.15) is 18.1 Å². The molecule has 0 spiro atoms. The number of anilines is 1. The zero-order valence-electron chi connectivity index (χ0n) is 13.5. The fourth-order valence-electron chi connectivity index (χ4n) is 2.91. The van der Waals surface area contributed by atoms with Gasteiger partial charge in [-0.15, -0.1) is 0 Å². The Morgan fingerprint density at radius 1 is 1.17 bits per heavy atom. The summed E-state index contributed by atoms with van der Waals surface area (Å²) in [4.78, 5) is 3.94. The number of thiophene rings is 1. The molecule has 2 N–H and O–H groups in total. The first kappa shape index (κ1) is 16.4. The third kappa shape index (κ3) is 4.53. The van der Waals surface area contributed by atoms with Crippen LogP contribution in [-0.4, -0.2) is 36.2 Å². The Bertz CT molecular complexity index is 614. The number of quaternary nitrogens is 1. The summed E-state index contributed by atoms with van der Waals surface area (Å²) in [5, 5.41) is 8.64. The van der Waals surface area contributed by atoms with Crippen molar-refractivity contribution in [2.75, 3.05) is 31.5 Å². The van der Waals surface area contributed by atoms with Crippen LogP contribution >= 0.6 is 23.6 Å². The third-order valence-electron chi connectivity index (χ3n) is 4.41. The SMILES string of the molecule is CCc1ccc(NC(=S)N2CC[NH+](Cc3ccsc3)CC2)cc1. The summed E-state index contributed by atoms with van der Waals surface area (Å²) in [5.74, 6) is 0. The summed E-state index contributed by atoms with van der Waals surface area (Å²) in [5.41, 5.74) is 3.89. The molecular weight excluding hydrogens is 322 g/mol. The van der Waals surface area contributed by atoms with E-state index < -0.39 is 0 Å². The van der Waals surface area contributed by atoms with E-state index in [-0.39, 0.29) is 0 Å². The minimum absolute atomic E-state index is 0.851. The van der Waals surface area contributed by atoms with Gasteiger partial charge in [-0.3, -0.25) is 0 Å². The molecule has 0 aliphatic carbocycles. The maximum absolute atomic E-state index is 5.58. The van der Waals surface area contributed by atoms with Crippen LogP contribution in [-0.2, 0) is 13.0 Å². The summed E-state index contributed by atoms with van der Waals surface area (Å²) in [7, 11) is 0. The molecule has 0 unspecified atom stereocenters.